The second kappa shape index (κ2) is 7.77. The molecule has 1 amide bonds. The van der Waals surface area contributed by atoms with E-state index in [0.717, 1.165) is 0 Å². The van der Waals surface area contributed by atoms with Gasteiger partial charge in [0, 0.05) is 21.3 Å². The van der Waals surface area contributed by atoms with Gasteiger partial charge in [0.25, 0.3) is 5.91 Å². The molecule has 2 rings (SSSR count). The first-order valence-corrected chi connectivity index (χ1v) is 6.96. The van der Waals surface area contributed by atoms with Crippen LogP contribution >= 0.6 is 23.2 Å². The van der Waals surface area contributed by atoms with Gasteiger partial charge in [-0.25, -0.2) is 4.39 Å². The zero-order valence-corrected chi connectivity index (χ0v) is 12.7. The Morgan fingerprint density at radius 1 is 1.23 bits per heavy atom. The van der Waals surface area contributed by atoms with Crippen molar-refractivity contribution in [2.45, 2.75) is 0 Å². The SMILES string of the molecule is O=C(CO/N=C\c1ccccc1F)Nc1cc(Cl)cc(Cl)c1. The van der Waals surface area contributed by atoms with E-state index in [4.69, 9.17) is 28.0 Å². The summed E-state index contributed by atoms with van der Waals surface area (Å²) in [5.41, 5.74) is 0.716. The molecule has 114 valence electrons. The van der Waals surface area contributed by atoms with Crippen molar-refractivity contribution in [1.82, 2.24) is 0 Å². The van der Waals surface area contributed by atoms with Crippen LogP contribution < -0.4 is 5.32 Å². The molecule has 0 unspecified atom stereocenters. The quantitative estimate of drug-likeness (QED) is 0.657. The first-order chi connectivity index (χ1) is 10.5. The summed E-state index contributed by atoms with van der Waals surface area (Å²) >= 11 is 11.6. The summed E-state index contributed by atoms with van der Waals surface area (Å²) in [6.45, 7) is -0.324. The van der Waals surface area contributed by atoms with Gasteiger partial charge in [0.15, 0.2) is 6.61 Å². The van der Waals surface area contributed by atoms with Gasteiger partial charge in [0.05, 0.1) is 6.21 Å². The largest absolute Gasteiger partial charge is 0.386 e. The van der Waals surface area contributed by atoms with Gasteiger partial charge in [-0.15, -0.1) is 0 Å². The summed E-state index contributed by atoms with van der Waals surface area (Å²) in [5, 5.41) is 6.90. The number of hydrogen-bond acceptors (Lipinski definition) is 3. The van der Waals surface area contributed by atoms with Gasteiger partial charge >= 0.3 is 0 Å². The molecule has 1 N–H and O–H groups in total. The van der Waals surface area contributed by atoms with Gasteiger partial charge in [-0.3, -0.25) is 4.79 Å². The minimum Gasteiger partial charge on any atom is -0.386 e. The average Bonchev–Trinajstić information content (AvgIpc) is 2.44. The van der Waals surface area contributed by atoms with Gasteiger partial charge < -0.3 is 10.2 Å². The Morgan fingerprint density at radius 3 is 2.59 bits per heavy atom. The summed E-state index contributed by atoms with van der Waals surface area (Å²) in [7, 11) is 0. The number of anilines is 1. The number of halogens is 3. The van der Waals surface area contributed by atoms with Crippen LogP contribution in [0.4, 0.5) is 10.1 Å². The lowest BCUT2D eigenvalue weighted by atomic mass is 10.2. The van der Waals surface area contributed by atoms with Crippen LogP contribution in [-0.4, -0.2) is 18.7 Å². The fraction of sp³-hybridized carbons (Fsp3) is 0.0667. The van der Waals surface area contributed by atoms with E-state index in [9.17, 15) is 9.18 Å². The number of nitrogens with one attached hydrogen (secondary N) is 1. The minimum atomic E-state index is -0.441. The van der Waals surface area contributed by atoms with Crippen molar-refractivity contribution in [2.75, 3.05) is 11.9 Å². The predicted octanol–water partition coefficient (Wildman–Crippen LogP) is 4.12. The van der Waals surface area contributed by atoms with Crippen molar-refractivity contribution in [3.05, 3.63) is 63.9 Å². The summed E-state index contributed by atoms with van der Waals surface area (Å²) < 4.78 is 13.3. The standard InChI is InChI=1S/C15H11Cl2FN2O2/c16-11-5-12(17)7-13(6-11)20-15(21)9-22-19-8-10-3-1-2-4-14(10)18/h1-8H,9H2,(H,20,21)/b19-8-. The molecule has 0 fully saturated rings. The Kier molecular flexibility index (Phi) is 5.75. The van der Waals surface area contributed by atoms with Crippen molar-refractivity contribution in [3.63, 3.8) is 0 Å². The molecule has 7 heteroatoms. The van der Waals surface area contributed by atoms with Gasteiger partial charge in [0.2, 0.25) is 0 Å². The molecule has 0 aliphatic rings. The molecule has 22 heavy (non-hydrogen) atoms. The van der Waals surface area contributed by atoms with E-state index in [1.165, 1.54) is 18.3 Å². The zero-order valence-electron chi connectivity index (χ0n) is 11.2. The smallest absolute Gasteiger partial charge is 0.265 e. The number of rotatable bonds is 5. The number of hydrogen-bond donors (Lipinski definition) is 1. The van der Waals surface area contributed by atoms with E-state index in [-0.39, 0.29) is 12.2 Å². The van der Waals surface area contributed by atoms with Crippen LogP contribution in [0.25, 0.3) is 0 Å². The third kappa shape index (κ3) is 5.02. The van der Waals surface area contributed by atoms with E-state index >= 15 is 0 Å². The van der Waals surface area contributed by atoms with Crippen LogP contribution in [0.3, 0.4) is 0 Å². The van der Waals surface area contributed by atoms with Gasteiger partial charge in [-0.05, 0) is 24.3 Å². The third-order valence-corrected chi connectivity index (χ3v) is 2.95. The fourth-order valence-electron chi connectivity index (χ4n) is 1.59. The highest BCUT2D eigenvalue weighted by Gasteiger charge is 2.05. The molecule has 0 heterocycles. The Bertz CT molecular complexity index is 687. The van der Waals surface area contributed by atoms with E-state index < -0.39 is 11.7 Å². The van der Waals surface area contributed by atoms with Crippen LogP contribution in [0.1, 0.15) is 5.56 Å². The van der Waals surface area contributed by atoms with Crippen molar-refractivity contribution < 1.29 is 14.0 Å². The molecule has 0 aromatic heterocycles. The minimum absolute atomic E-state index is 0.268. The summed E-state index contributed by atoms with van der Waals surface area (Å²) in [5.74, 6) is -0.864. The van der Waals surface area contributed by atoms with E-state index in [0.29, 0.717) is 15.7 Å². The summed E-state index contributed by atoms with van der Waals surface area (Å²) in [6.07, 6.45) is 1.19. The van der Waals surface area contributed by atoms with Crippen LogP contribution in [0, 0.1) is 5.82 Å². The number of nitrogens with zero attached hydrogens (tertiary/aromatic N) is 1. The Hall–Kier alpha value is -2.11. The van der Waals surface area contributed by atoms with Crippen molar-refractivity contribution in [3.8, 4) is 0 Å². The summed E-state index contributed by atoms with van der Waals surface area (Å²) in [6, 6.07) is 10.7. The van der Waals surface area contributed by atoms with E-state index in [1.807, 2.05) is 0 Å². The molecular formula is C15H11Cl2FN2O2. The average molecular weight is 341 g/mol. The second-order valence-corrected chi connectivity index (χ2v) is 5.11. The number of oxime groups is 1. The maximum absolute atomic E-state index is 13.3. The van der Waals surface area contributed by atoms with Crippen molar-refractivity contribution in [2.24, 2.45) is 5.16 Å². The van der Waals surface area contributed by atoms with Crippen LogP contribution in [0.15, 0.2) is 47.6 Å². The maximum Gasteiger partial charge on any atom is 0.265 e. The molecule has 0 radical (unpaired) electrons. The maximum atomic E-state index is 13.3. The number of benzene rings is 2. The van der Waals surface area contributed by atoms with Crippen molar-refractivity contribution >= 4 is 41.0 Å². The normalized spacial score (nSPS) is 10.7. The number of carbonyl (C=O) groups is 1. The highest BCUT2D eigenvalue weighted by atomic mass is 35.5. The van der Waals surface area contributed by atoms with E-state index in [1.54, 1.807) is 30.3 Å². The first kappa shape index (κ1) is 16.3. The lowest BCUT2D eigenvalue weighted by Gasteiger charge is -2.05. The molecule has 0 spiro atoms. The monoisotopic (exact) mass is 340 g/mol. The molecule has 4 nitrogen and oxygen atoms in total. The van der Waals surface area contributed by atoms with Crippen LogP contribution in [0.2, 0.25) is 10.0 Å². The fourth-order valence-corrected chi connectivity index (χ4v) is 2.12. The Balaban J connectivity index is 1.84. The predicted molar refractivity (Wildman–Crippen MR) is 85.0 cm³/mol. The third-order valence-electron chi connectivity index (χ3n) is 2.51. The molecule has 0 saturated heterocycles. The topological polar surface area (TPSA) is 50.7 Å². The molecule has 2 aromatic carbocycles. The molecule has 0 aliphatic heterocycles. The van der Waals surface area contributed by atoms with Crippen LogP contribution in [-0.2, 0) is 9.63 Å². The lowest BCUT2D eigenvalue weighted by molar-refractivity contribution is -0.120. The molecular weight excluding hydrogens is 330 g/mol. The highest BCUT2D eigenvalue weighted by Crippen LogP contribution is 2.22. The van der Waals surface area contributed by atoms with Gasteiger partial charge in [-0.2, -0.15) is 0 Å². The van der Waals surface area contributed by atoms with Crippen molar-refractivity contribution in [1.29, 1.82) is 0 Å². The molecule has 2 aromatic rings. The number of carbonyl (C=O) groups excluding carboxylic acids is 1. The Morgan fingerprint density at radius 2 is 1.91 bits per heavy atom. The molecule has 0 saturated carbocycles. The van der Waals surface area contributed by atoms with Gasteiger partial charge in [0.1, 0.15) is 5.82 Å². The molecule has 0 bridgehead atoms. The first-order valence-electron chi connectivity index (χ1n) is 6.20. The second-order valence-electron chi connectivity index (χ2n) is 4.24. The lowest BCUT2D eigenvalue weighted by Crippen LogP contribution is -2.17. The number of amides is 1. The van der Waals surface area contributed by atoms with Crippen LogP contribution in [0.5, 0.6) is 0 Å². The van der Waals surface area contributed by atoms with Gasteiger partial charge in [-0.1, -0.05) is 46.6 Å². The Labute approximate surface area is 136 Å². The zero-order chi connectivity index (χ0) is 15.9. The van der Waals surface area contributed by atoms with E-state index in [2.05, 4.69) is 10.5 Å². The molecule has 0 atom stereocenters. The summed E-state index contributed by atoms with van der Waals surface area (Å²) in [4.78, 5) is 16.5. The molecule has 0 aliphatic carbocycles. The highest BCUT2D eigenvalue weighted by molar-refractivity contribution is 6.35.